The van der Waals surface area contributed by atoms with E-state index in [2.05, 4.69) is 11.8 Å². The average Bonchev–Trinajstić information content (AvgIpc) is 3.06. The third-order valence-corrected chi connectivity index (χ3v) is 7.27. The summed E-state index contributed by atoms with van der Waals surface area (Å²) in [5.74, 6) is 0.241. The highest BCUT2D eigenvalue weighted by molar-refractivity contribution is 7.89. The molecule has 0 N–H and O–H groups in total. The summed E-state index contributed by atoms with van der Waals surface area (Å²) in [7, 11) is -1.76. The van der Waals surface area contributed by atoms with E-state index >= 15 is 0 Å². The molecule has 0 spiro atoms. The van der Waals surface area contributed by atoms with Gasteiger partial charge in [0.2, 0.25) is 10.0 Å². The van der Waals surface area contributed by atoms with Crippen LogP contribution in [-0.2, 0) is 15.9 Å². The fourth-order valence-electron chi connectivity index (χ4n) is 2.74. The predicted octanol–water partition coefficient (Wildman–Crippen LogP) is 2.59. The van der Waals surface area contributed by atoms with Crippen LogP contribution < -0.4 is 0 Å². The maximum absolute atomic E-state index is 12.6. The van der Waals surface area contributed by atoms with E-state index in [4.69, 9.17) is 11.6 Å². The fraction of sp³-hybridized carbons (Fsp3) is 0.692. The number of likely N-dealkylation sites (N-methyl/N-ethyl adjacent to an activating group) is 2. The van der Waals surface area contributed by atoms with Crippen LogP contribution in [0.4, 0.5) is 0 Å². The zero-order valence-electron chi connectivity index (χ0n) is 11.9. The third-order valence-electron chi connectivity index (χ3n) is 3.89. The molecular weight excluding hydrogens is 316 g/mol. The van der Waals surface area contributed by atoms with Crippen LogP contribution >= 0.6 is 22.9 Å². The van der Waals surface area contributed by atoms with E-state index in [-0.39, 0.29) is 5.88 Å². The van der Waals surface area contributed by atoms with Crippen molar-refractivity contribution in [1.29, 1.82) is 0 Å². The van der Waals surface area contributed by atoms with Gasteiger partial charge in [0.15, 0.2) is 0 Å². The van der Waals surface area contributed by atoms with Gasteiger partial charge < -0.3 is 0 Å². The van der Waals surface area contributed by atoms with Crippen molar-refractivity contribution in [2.45, 2.75) is 36.6 Å². The second-order valence-corrected chi connectivity index (χ2v) is 8.33. The lowest BCUT2D eigenvalue weighted by Gasteiger charge is -2.27. The number of halogens is 1. The van der Waals surface area contributed by atoms with Gasteiger partial charge in [-0.05, 0) is 37.4 Å². The van der Waals surface area contributed by atoms with Crippen molar-refractivity contribution < 1.29 is 8.42 Å². The van der Waals surface area contributed by atoms with E-state index in [1.807, 2.05) is 0 Å². The van der Waals surface area contributed by atoms with Crippen LogP contribution in [0.5, 0.6) is 0 Å². The lowest BCUT2D eigenvalue weighted by molar-refractivity contribution is 0.237. The van der Waals surface area contributed by atoms with Gasteiger partial charge in [-0.2, -0.15) is 4.31 Å². The Morgan fingerprint density at radius 3 is 2.95 bits per heavy atom. The van der Waals surface area contributed by atoms with E-state index in [1.165, 1.54) is 15.6 Å². The molecule has 0 aromatic carbocycles. The Morgan fingerprint density at radius 1 is 1.55 bits per heavy atom. The topological polar surface area (TPSA) is 40.6 Å². The lowest BCUT2D eigenvalue weighted by Crippen LogP contribution is -2.41. The van der Waals surface area contributed by atoms with Crippen LogP contribution in [0.2, 0.25) is 0 Å². The minimum absolute atomic E-state index is 0.241. The Morgan fingerprint density at radius 2 is 2.30 bits per heavy atom. The molecule has 0 amide bonds. The molecule has 1 aliphatic heterocycles. The number of hydrogen-bond donors (Lipinski definition) is 0. The Hall–Kier alpha value is -0.140. The van der Waals surface area contributed by atoms with E-state index in [1.54, 1.807) is 18.5 Å². The number of sulfonamides is 1. The van der Waals surface area contributed by atoms with Crippen LogP contribution in [0.15, 0.2) is 16.3 Å². The summed E-state index contributed by atoms with van der Waals surface area (Å²) in [5.41, 5.74) is 0. The van der Waals surface area contributed by atoms with Crippen molar-refractivity contribution in [3.8, 4) is 0 Å². The summed E-state index contributed by atoms with van der Waals surface area (Å²) in [5, 5.41) is 1.78. The number of hydrogen-bond acceptors (Lipinski definition) is 4. The molecule has 0 aliphatic carbocycles. The number of likely N-dealkylation sites (tertiary alicyclic amines) is 1. The van der Waals surface area contributed by atoms with Gasteiger partial charge in [0, 0.05) is 24.5 Å². The maximum atomic E-state index is 12.6. The van der Waals surface area contributed by atoms with E-state index in [0.29, 0.717) is 17.5 Å². The standard InChI is InChI=1S/C13H21ClN2O2S2/c1-3-16-7-4-5-11(16)10-15(2)20(17,18)13-6-8-19-12(13)9-14/h6,8,11H,3-5,7,9-10H2,1-2H3. The van der Waals surface area contributed by atoms with Gasteiger partial charge >= 0.3 is 0 Å². The first-order valence-electron chi connectivity index (χ1n) is 6.83. The zero-order chi connectivity index (χ0) is 14.8. The lowest BCUT2D eigenvalue weighted by atomic mass is 10.2. The molecule has 1 aromatic rings. The average molecular weight is 337 g/mol. The maximum Gasteiger partial charge on any atom is 0.244 e. The molecule has 114 valence electrons. The molecule has 0 radical (unpaired) electrons. The first-order chi connectivity index (χ1) is 9.50. The number of rotatable bonds is 6. The molecule has 0 bridgehead atoms. The van der Waals surface area contributed by atoms with Crippen molar-refractivity contribution >= 4 is 33.0 Å². The highest BCUT2D eigenvalue weighted by atomic mass is 35.5. The second kappa shape index (κ2) is 6.75. The highest BCUT2D eigenvalue weighted by Crippen LogP contribution is 2.27. The SMILES string of the molecule is CCN1CCCC1CN(C)S(=O)(=O)c1ccsc1CCl. The summed E-state index contributed by atoms with van der Waals surface area (Å²) >= 11 is 7.21. The molecule has 20 heavy (non-hydrogen) atoms. The second-order valence-electron chi connectivity index (χ2n) is 5.05. The third kappa shape index (κ3) is 3.20. The molecule has 1 saturated heterocycles. The quantitative estimate of drug-likeness (QED) is 0.750. The van der Waals surface area contributed by atoms with Crippen molar-refractivity contribution in [3.05, 3.63) is 16.3 Å². The molecule has 0 saturated carbocycles. The monoisotopic (exact) mass is 336 g/mol. The first-order valence-corrected chi connectivity index (χ1v) is 9.68. The van der Waals surface area contributed by atoms with E-state index < -0.39 is 10.0 Å². The van der Waals surface area contributed by atoms with Crippen LogP contribution in [-0.4, -0.2) is 50.3 Å². The molecule has 1 aliphatic rings. The summed E-state index contributed by atoms with van der Waals surface area (Å²) in [6.07, 6.45) is 2.22. The number of alkyl halides is 1. The molecule has 4 nitrogen and oxygen atoms in total. The first kappa shape index (κ1) is 16.2. The molecule has 1 fully saturated rings. The molecule has 2 rings (SSSR count). The van der Waals surface area contributed by atoms with Crippen LogP contribution in [0, 0.1) is 0 Å². The van der Waals surface area contributed by atoms with Crippen molar-refractivity contribution in [2.24, 2.45) is 0 Å². The minimum atomic E-state index is -3.42. The summed E-state index contributed by atoms with van der Waals surface area (Å²) in [6, 6.07) is 1.98. The minimum Gasteiger partial charge on any atom is -0.299 e. The Bertz CT molecular complexity index is 544. The van der Waals surface area contributed by atoms with Crippen molar-refractivity contribution in [2.75, 3.05) is 26.7 Å². The van der Waals surface area contributed by atoms with Crippen molar-refractivity contribution in [3.63, 3.8) is 0 Å². The van der Waals surface area contributed by atoms with Crippen LogP contribution in [0.3, 0.4) is 0 Å². The van der Waals surface area contributed by atoms with Gasteiger partial charge in [-0.3, -0.25) is 4.90 Å². The van der Waals surface area contributed by atoms with Crippen LogP contribution in [0.25, 0.3) is 0 Å². The Kier molecular flexibility index (Phi) is 5.48. The number of nitrogens with zero attached hydrogens (tertiary/aromatic N) is 2. The van der Waals surface area contributed by atoms with Crippen LogP contribution in [0.1, 0.15) is 24.6 Å². The molecule has 2 heterocycles. The van der Waals surface area contributed by atoms with Gasteiger partial charge in [-0.15, -0.1) is 22.9 Å². The van der Waals surface area contributed by atoms with Crippen molar-refractivity contribution in [1.82, 2.24) is 9.21 Å². The van der Waals surface area contributed by atoms with Gasteiger partial charge in [-0.1, -0.05) is 6.92 Å². The Balaban J connectivity index is 2.13. The zero-order valence-corrected chi connectivity index (χ0v) is 14.3. The molecule has 1 unspecified atom stereocenters. The molecule has 1 aromatic heterocycles. The largest absolute Gasteiger partial charge is 0.299 e. The molecular formula is C13H21ClN2O2S2. The number of thiophene rings is 1. The summed E-state index contributed by atoms with van der Waals surface area (Å²) in [6.45, 7) is 4.72. The summed E-state index contributed by atoms with van der Waals surface area (Å²) in [4.78, 5) is 3.43. The van der Waals surface area contributed by atoms with Gasteiger partial charge in [0.05, 0.1) is 10.8 Å². The smallest absolute Gasteiger partial charge is 0.244 e. The Labute approximate surface area is 130 Å². The summed E-state index contributed by atoms with van der Waals surface area (Å²) < 4.78 is 26.7. The fourth-order valence-corrected chi connectivity index (χ4v) is 5.62. The molecule has 1 atom stereocenters. The van der Waals surface area contributed by atoms with E-state index in [0.717, 1.165) is 30.8 Å². The van der Waals surface area contributed by atoms with Gasteiger partial charge in [-0.25, -0.2) is 8.42 Å². The highest BCUT2D eigenvalue weighted by Gasteiger charge is 2.30. The van der Waals surface area contributed by atoms with Gasteiger partial charge in [0.25, 0.3) is 0 Å². The van der Waals surface area contributed by atoms with E-state index in [9.17, 15) is 8.42 Å². The normalized spacial score (nSPS) is 20.9. The predicted molar refractivity (Wildman–Crippen MR) is 84.0 cm³/mol. The molecule has 7 heteroatoms. The van der Waals surface area contributed by atoms with Gasteiger partial charge in [0.1, 0.15) is 0 Å².